The summed E-state index contributed by atoms with van der Waals surface area (Å²) in [6.45, 7) is 2.50. The van der Waals surface area contributed by atoms with E-state index in [4.69, 9.17) is 9.29 Å². The lowest BCUT2D eigenvalue weighted by Gasteiger charge is -2.54. The number of hydrogen-bond acceptors (Lipinski definition) is 6. The summed E-state index contributed by atoms with van der Waals surface area (Å²) >= 11 is 0. The summed E-state index contributed by atoms with van der Waals surface area (Å²) in [4.78, 5) is 14.1. The maximum atomic E-state index is 12.8. The van der Waals surface area contributed by atoms with Gasteiger partial charge in [0.25, 0.3) is 10.1 Å². The van der Waals surface area contributed by atoms with E-state index in [0.29, 0.717) is 30.0 Å². The summed E-state index contributed by atoms with van der Waals surface area (Å²) in [5.74, 6) is -0.785. The normalized spacial score (nSPS) is 21.6. The van der Waals surface area contributed by atoms with Crippen LogP contribution in [0.15, 0.2) is 78.9 Å². The maximum absolute atomic E-state index is 12.8. The Morgan fingerprint density at radius 2 is 1.53 bits per heavy atom. The molecular weight excluding hydrogens is 583 g/mol. The molecule has 43 heavy (non-hydrogen) atoms. The summed E-state index contributed by atoms with van der Waals surface area (Å²) < 4.78 is 69.8. The van der Waals surface area contributed by atoms with Crippen LogP contribution in [0.25, 0.3) is 0 Å². The summed E-state index contributed by atoms with van der Waals surface area (Å²) in [6, 6.07) is 26.1. The molecule has 3 aromatic carbocycles. The standard InChI is InChI=1S/C30H32F3N3O2.CH4O3S/c1-38-25-13-12-24(35-29(37)30(31,32)33)18-23(25)19-34-27-22-14-16-36(17-15-22)28(27)26(20-8-4-2-5-9-20)21-10-6-3-7-11-21;1-5(2,3)4/h2-13,18,22,26-28,34H,14-17,19H2,1H3,(H,35,37);1H3,(H,2,3,4)/t27-,28-;/m0./s1. The summed E-state index contributed by atoms with van der Waals surface area (Å²) in [6.07, 6.45) is -2.04. The van der Waals surface area contributed by atoms with Gasteiger partial charge in [-0.3, -0.25) is 14.2 Å². The number of halogens is 3. The molecule has 0 aromatic heterocycles. The number of carbonyl (C=O) groups is 1. The van der Waals surface area contributed by atoms with Crippen LogP contribution in [0, 0.1) is 5.92 Å². The second kappa shape index (κ2) is 13.9. The Hall–Kier alpha value is -3.45. The van der Waals surface area contributed by atoms with Crippen molar-refractivity contribution in [2.24, 2.45) is 5.92 Å². The molecule has 0 saturated carbocycles. The minimum absolute atomic E-state index is 0.0850. The Morgan fingerprint density at radius 1 is 1.00 bits per heavy atom. The van der Waals surface area contributed by atoms with Crippen LogP contribution in [0.1, 0.15) is 35.4 Å². The van der Waals surface area contributed by atoms with Gasteiger partial charge in [0.2, 0.25) is 0 Å². The molecule has 3 heterocycles. The number of benzene rings is 3. The average Bonchev–Trinajstić information content (AvgIpc) is 2.97. The highest BCUT2D eigenvalue weighted by Gasteiger charge is 2.46. The molecule has 0 unspecified atom stereocenters. The highest BCUT2D eigenvalue weighted by atomic mass is 32.2. The SMILES string of the molecule is COc1ccc(NC(=O)C(F)(F)F)cc1CN[C@H]1C2CCN(CC2)[C@H]1C(c1ccccc1)c1ccccc1.CS(=O)(=O)O. The van der Waals surface area contributed by atoms with Gasteiger partial charge in [-0.25, -0.2) is 0 Å². The monoisotopic (exact) mass is 619 g/mol. The zero-order valence-corrected chi connectivity index (χ0v) is 24.7. The van der Waals surface area contributed by atoms with Crippen molar-refractivity contribution < 1.29 is 35.7 Å². The molecule has 12 heteroatoms. The molecular formula is C31H36F3N3O5S. The van der Waals surface area contributed by atoms with Crippen LogP contribution in [0.3, 0.4) is 0 Å². The van der Waals surface area contributed by atoms with Gasteiger partial charge in [-0.1, -0.05) is 60.7 Å². The van der Waals surface area contributed by atoms with E-state index in [1.165, 1.54) is 24.3 Å². The van der Waals surface area contributed by atoms with E-state index in [2.05, 4.69) is 58.7 Å². The Morgan fingerprint density at radius 3 is 2.02 bits per heavy atom. The molecule has 0 radical (unpaired) electrons. The first-order valence-electron chi connectivity index (χ1n) is 13.9. The minimum Gasteiger partial charge on any atom is -0.496 e. The fraction of sp³-hybridized carbons (Fsp3) is 0.387. The lowest BCUT2D eigenvalue weighted by atomic mass is 9.70. The first kappa shape index (κ1) is 32.5. The maximum Gasteiger partial charge on any atom is 0.471 e. The van der Waals surface area contributed by atoms with Crippen LogP contribution in [0.4, 0.5) is 18.9 Å². The number of rotatable bonds is 8. The minimum atomic E-state index is -4.95. The Kier molecular flexibility index (Phi) is 10.5. The number of piperidine rings is 3. The van der Waals surface area contributed by atoms with E-state index in [1.807, 2.05) is 17.4 Å². The van der Waals surface area contributed by atoms with Crippen LogP contribution < -0.4 is 15.4 Å². The Labute approximate surface area is 250 Å². The molecule has 3 aliphatic rings. The van der Waals surface area contributed by atoms with E-state index in [-0.39, 0.29) is 23.7 Å². The number of hydrogen-bond donors (Lipinski definition) is 3. The van der Waals surface area contributed by atoms with Crippen molar-refractivity contribution in [1.82, 2.24) is 10.2 Å². The molecule has 232 valence electrons. The van der Waals surface area contributed by atoms with Crippen molar-refractivity contribution in [3.63, 3.8) is 0 Å². The van der Waals surface area contributed by atoms with Gasteiger partial charge in [-0.05, 0) is 61.2 Å². The van der Waals surface area contributed by atoms with Gasteiger partial charge in [-0.2, -0.15) is 21.6 Å². The number of methoxy groups -OCH3 is 1. The molecule has 3 aliphatic heterocycles. The molecule has 8 nitrogen and oxygen atoms in total. The van der Waals surface area contributed by atoms with Gasteiger partial charge in [0.15, 0.2) is 0 Å². The van der Waals surface area contributed by atoms with E-state index >= 15 is 0 Å². The van der Waals surface area contributed by atoms with E-state index in [9.17, 15) is 26.4 Å². The van der Waals surface area contributed by atoms with Gasteiger partial charge < -0.3 is 15.4 Å². The third kappa shape index (κ3) is 8.79. The van der Waals surface area contributed by atoms with Gasteiger partial charge >= 0.3 is 12.1 Å². The van der Waals surface area contributed by atoms with Crippen molar-refractivity contribution in [2.75, 3.05) is 31.8 Å². The van der Waals surface area contributed by atoms with Gasteiger partial charge in [0, 0.05) is 35.8 Å². The third-order valence-corrected chi connectivity index (χ3v) is 7.85. The fourth-order valence-corrected chi connectivity index (χ4v) is 6.12. The molecule has 3 aromatic rings. The van der Waals surface area contributed by atoms with Gasteiger partial charge in [0.1, 0.15) is 5.75 Å². The highest BCUT2D eigenvalue weighted by Crippen LogP contribution is 2.42. The Balaban J connectivity index is 0.000000782. The number of ether oxygens (including phenoxy) is 1. The van der Waals surface area contributed by atoms with Crippen LogP contribution in [-0.4, -0.2) is 68.5 Å². The molecule has 3 N–H and O–H groups in total. The summed E-state index contributed by atoms with van der Waals surface area (Å²) in [5.41, 5.74) is 3.30. The molecule has 2 atom stereocenters. The zero-order chi connectivity index (χ0) is 31.2. The molecule has 1 amide bonds. The van der Waals surface area contributed by atoms with E-state index in [0.717, 1.165) is 25.9 Å². The number of nitrogens with one attached hydrogen (secondary N) is 2. The largest absolute Gasteiger partial charge is 0.496 e. The van der Waals surface area contributed by atoms with Crippen molar-refractivity contribution >= 4 is 21.7 Å². The fourth-order valence-electron chi connectivity index (χ4n) is 6.12. The predicted molar refractivity (Wildman–Crippen MR) is 159 cm³/mol. The lowest BCUT2D eigenvalue weighted by molar-refractivity contribution is -0.167. The van der Waals surface area contributed by atoms with E-state index < -0.39 is 22.2 Å². The van der Waals surface area contributed by atoms with E-state index in [1.54, 1.807) is 12.1 Å². The highest BCUT2D eigenvalue weighted by molar-refractivity contribution is 7.85. The number of carbonyl (C=O) groups excluding carboxylic acids is 1. The number of amides is 1. The van der Waals surface area contributed by atoms with Gasteiger partial charge in [0.05, 0.1) is 13.4 Å². The Bertz CT molecular complexity index is 1420. The molecule has 6 rings (SSSR count). The van der Waals surface area contributed by atoms with Crippen LogP contribution in [-0.2, 0) is 21.5 Å². The number of nitrogens with zero attached hydrogens (tertiary/aromatic N) is 1. The molecule has 0 spiro atoms. The molecule has 0 aliphatic carbocycles. The van der Waals surface area contributed by atoms with Crippen LogP contribution in [0.2, 0.25) is 0 Å². The number of anilines is 1. The second-order valence-electron chi connectivity index (χ2n) is 10.8. The number of alkyl halides is 3. The van der Waals surface area contributed by atoms with Crippen molar-refractivity contribution in [1.29, 1.82) is 0 Å². The van der Waals surface area contributed by atoms with Crippen LogP contribution >= 0.6 is 0 Å². The first-order valence-corrected chi connectivity index (χ1v) is 15.7. The summed E-state index contributed by atoms with van der Waals surface area (Å²) in [7, 11) is -2.13. The topological polar surface area (TPSA) is 108 Å². The smallest absolute Gasteiger partial charge is 0.471 e. The average molecular weight is 620 g/mol. The van der Waals surface area contributed by atoms with Crippen molar-refractivity contribution in [3.8, 4) is 5.75 Å². The molecule has 2 bridgehead atoms. The first-order chi connectivity index (χ1) is 20.3. The zero-order valence-electron chi connectivity index (χ0n) is 23.9. The quantitative estimate of drug-likeness (QED) is 0.302. The predicted octanol–water partition coefficient (Wildman–Crippen LogP) is 5.08. The third-order valence-electron chi connectivity index (χ3n) is 7.85. The van der Waals surface area contributed by atoms with Gasteiger partial charge in [-0.15, -0.1) is 0 Å². The molecule has 3 fully saturated rings. The molecule has 3 saturated heterocycles. The van der Waals surface area contributed by atoms with Crippen LogP contribution in [0.5, 0.6) is 5.75 Å². The lowest BCUT2D eigenvalue weighted by Crippen LogP contribution is -2.64. The second-order valence-corrected chi connectivity index (χ2v) is 12.2. The van der Waals surface area contributed by atoms with Crippen molar-refractivity contribution in [3.05, 3.63) is 95.6 Å². The van der Waals surface area contributed by atoms with Crippen molar-refractivity contribution in [2.45, 2.75) is 43.6 Å². The number of fused-ring (bicyclic) bond motifs is 3. The summed E-state index contributed by atoms with van der Waals surface area (Å²) in [5, 5.41) is 5.72.